The van der Waals surface area contributed by atoms with E-state index < -0.39 is 11.7 Å². The summed E-state index contributed by atoms with van der Waals surface area (Å²) in [5.41, 5.74) is 14.6. The first-order chi connectivity index (χ1) is 10.1. The van der Waals surface area contributed by atoms with Gasteiger partial charge in [-0.15, -0.1) is 0 Å². The lowest BCUT2D eigenvalue weighted by molar-refractivity contribution is 0.0513. The normalized spacial score (nSPS) is 11.9. The van der Waals surface area contributed by atoms with Crippen molar-refractivity contribution in [1.82, 2.24) is 5.43 Å². The molecule has 5 N–H and O–H groups in total. The van der Waals surface area contributed by atoms with E-state index in [1.807, 2.05) is 13.0 Å². The van der Waals surface area contributed by atoms with Gasteiger partial charge >= 0.3 is 6.09 Å². The highest BCUT2D eigenvalue weighted by atomic mass is 35.5. The number of rotatable bonds is 5. The molecule has 0 saturated heterocycles. The van der Waals surface area contributed by atoms with Crippen LogP contribution >= 0.6 is 23.8 Å². The first kappa shape index (κ1) is 18.2. The van der Waals surface area contributed by atoms with Crippen molar-refractivity contribution in [3.8, 4) is 0 Å². The van der Waals surface area contributed by atoms with E-state index in [2.05, 4.69) is 10.5 Å². The molecule has 0 heterocycles. The molecule has 0 bridgehead atoms. The molecule has 0 unspecified atom stereocenters. The Hall–Kier alpha value is -1.86. The Bertz CT molecular complexity index is 617. The Morgan fingerprint density at radius 2 is 2.09 bits per heavy atom. The van der Waals surface area contributed by atoms with Crippen LogP contribution in [-0.2, 0) is 4.74 Å². The van der Waals surface area contributed by atoms with Crippen molar-refractivity contribution < 1.29 is 9.53 Å². The SMILES string of the molecule is Cc1ccc(Cl)cc1C(CC(C)(C)OC(N)=O)=NNC(N)=S. The molecule has 0 aliphatic heterocycles. The molecule has 1 amide bonds. The second-order valence-corrected chi connectivity index (χ2v) is 6.23. The number of ether oxygens (including phenoxy) is 1. The van der Waals surface area contributed by atoms with Gasteiger partial charge in [-0.1, -0.05) is 17.7 Å². The summed E-state index contributed by atoms with van der Waals surface area (Å²) in [5, 5.41) is 4.80. The number of hydrogen-bond acceptors (Lipinski definition) is 4. The van der Waals surface area contributed by atoms with Crippen molar-refractivity contribution in [2.75, 3.05) is 0 Å². The Labute approximate surface area is 139 Å². The number of nitrogens with one attached hydrogen (secondary N) is 1. The molecular weight excluding hydrogens is 324 g/mol. The van der Waals surface area contributed by atoms with E-state index in [-0.39, 0.29) is 5.11 Å². The molecule has 0 atom stereocenters. The smallest absolute Gasteiger partial charge is 0.405 e. The number of hydrogen-bond donors (Lipinski definition) is 3. The zero-order valence-corrected chi connectivity index (χ0v) is 14.2. The van der Waals surface area contributed by atoms with Crippen molar-refractivity contribution in [2.45, 2.75) is 32.8 Å². The van der Waals surface area contributed by atoms with Crippen molar-refractivity contribution in [3.63, 3.8) is 0 Å². The fourth-order valence-electron chi connectivity index (χ4n) is 1.93. The Kier molecular flexibility index (Phi) is 6.13. The molecule has 8 heteroatoms. The molecule has 0 spiro atoms. The molecule has 120 valence electrons. The summed E-state index contributed by atoms with van der Waals surface area (Å²) in [6.45, 7) is 5.38. The van der Waals surface area contributed by atoms with Crippen LogP contribution in [0.1, 0.15) is 31.4 Å². The summed E-state index contributed by atoms with van der Waals surface area (Å²) >= 11 is 10.8. The molecular formula is C14H19ClN4O2S. The number of nitrogens with zero attached hydrogens (tertiary/aromatic N) is 1. The maximum Gasteiger partial charge on any atom is 0.405 e. The second kappa shape index (κ2) is 7.42. The quantitative estimate of drug-likeness (QED) is 0.433. The summed E-state index contributed by atoms with van der Waals surface area (Å²) in [7, 11) is 0. The lowest BCUT2D eigenvalue weighted by atomic mass is 9.94. The number of hydrazone groups is 1. The number of amides is 1. The van der Waals surface area contributed by atoms with Crippen molar-refractivity contribution in [1.29, 1.82) is 0 Å². The molecule has 1 rings (SSSR count). The summed E-state index contributed by atoms with van der Waals surface area (Å²) in [5.74, 6) is 0. The van der Waals surface area contributed by atoms with Gasteiger partial charge in [0.1, 0.15) is 5.60 Å². The molecule has 0 saturated carbocycles. The van der Waals surface area contributed by atoms with Gasteiger partial charge in [-0.25, -0.2) is 4.79 Å². The average molecular weight is 343 g/mol. The highest BCUT2D eigenvalue weighted by Crippen LogP contribution is 2.23. The lowest BCUT2D eigenvalue weighted by Gasteiger charge is -2.25. The van der Waals surface area contributed by atoms with E-state index in [1.54, 1.807) is 26.0 Å². The second-order valence-electron chi connectivity index (χ2n) is 5.35. The fraction of sp³-hybridized carbons (Fsp3) is 0.357. The first-order valence-electron chi connectivity index (χ1n) is 6.48. The van der Waals surface area contributed by atoms with Crippen LogP contribution < -0.4 is 16.9 Å². The molecule has 0 aliphatic carbocycles. The topological polar surface area (TPSA) is 103 Å². The van der Waals surface area contributed by atoms with Crippen LogP contribution in [0.15, 0.2) is 23.3 Å². The van der Waals surface area contributed by atoms with Gasteiger partial charge in [0.05, 0.1) is 5.71 Å². The number of nitrogens with two attached hydrogens (primary N) is 2. The van der Waals surface area contributed by atoms with E-state index in [0.717, 1.165) is 11.1 Å². The number of carbonyl (C=O) groups excluding carboxylic acids is 1. The highest BCUT2D eigenvalue weighted by Gasteiger charge is 2.26. The Morgan fingerprint density at radius 3 is 2.64 bits per heavy atom. The van der Waals surface area contributed by atoms with Crippen molar-refractivity contribution >= 4 is 40.7 Å². The zero-order chi connectivity index (χ0) is 16.9. The van der Waals surface area contributed by atoms with E-state index in [4.69, 9.17) is 40.0 Å². The Morgan fingerprint density at radius 1 is 1.45 bits per heavy atom. The van der Waals surface area contributed by atoms with Gasteiger partial charge in [-0.3, -0.25) is 5.43 Å². The van der Waals surface area contributed by atoms with Gasteiger partial charge in [-0.2, -0.15) is 5.10 Å². The predicted molar refractivity (Wildman–Crippen MR) is 92.0 cm³/mol. The molecule has 0 radical (unpaired) electrons. The number of primary amides is 1. The summed E-state index contributed by atoms with van der Waals surface area (Å²) in [6, 6.07) is 5.43. The van der Waals surface area contributed by atoms with Crippen LogP contribution in [0.2, 0.25) is 5.02 Å². The number of thiocarbonyl (C=S) groups is 1. The molecule has 22 heavy (non-hydrogen) atoms. The maximum absolute atomic E-state index is 11.0. The van der Waals surface area contributed by atoms with E-state index >= 15 is 0 Å². The lowest BCUT2D eigenvalue weighted by Crippen LogP contribution is -2.35. The summed E-state index contributed by atoms with van der Waals surface area (Å²) in [6.07, 6.45) is -0.554. The van der Waals surface area contributed by atoms with Gasteiger partial charge in [0, 0.05) is 17.0 Å². The summed E-state index contributed by atoms with van der Waals surface area (Å²) in [4.78, 5) is 11.0. The average Bonchev–Trinajstić information content (AvgIpc) is 2.35. The van der Waals surface area contributed by atoms with Crippen LogP contribution in [0.4, 0.5) is 4.79 Å². The third kappa shape index (κ3) is 5.87. The third-order valence-electron chi connectivity index (χ3n) is 2.78. The number of aryl methyl sites for hydroxylation is 1. The molecule has 0 aliphatic rings. The zero-order valence-electron chi connectivity index (χ0n) is 12.6. The number of benzene rings is 1. The summed E-state index contributed by atoms with van der Waals surface area (Å²) < 4.78 is 5.10. The van der Waals surface area contributed by atoms with Crippen LogP contribution in [0.5, 0.6) is 0 Å². The van der Waals surface area contributed by atoms with Crippen LogP contribution in [0.3, 0.4) is 0 Å². The maximum atomic E-state index is 11.0. The standard InChI is InChI=1S/C14H19ClN4O2S/c1-8-4-5-9(15)6-10(8)11(18-19-12(16)22)7-14(2,3)21-13(17)20/h4-6H,7H2,1-3H3,(H2,17,20)(H3,16,19,22). The number of halogens is 1. The van der Waals surface area contributed by atoms with Crippen molar-refractivity contribution in [3.05, 3.63) is 34.3 Å². The van der Waals surface area contributed by atoms with Gasteiger partial charge in [0.15, 0.2) is 5.11 Å². The van der Waals surface area contributed by atoms with E-state index in [9.17, 15) is 4.79 Å². The van der Waals surface area contributed by atoms with Gasteiger partial charge in [-0.05, 0) is 50.7 Å². The molecule has 0 fully saturated rings. The van der Waals surface area contributed by atoms with Gasteiger partial charge in [0.25, 0.3) is 0 Å². The number of carbonyl (C=O) groups is 1. The fourth-order valence-corrected chi connectivity index (χ4v) is 2.15. The van der Waals surface area contributed by atoms with Crippen molar-refractivity contribution in [2.24, 2.45) is 16.6 Å². The minimum Gasteiger partial charge on any atom is -0.443 e. The largest absolute Gasteiger partial charge is 0.443 e. The molecule has 1 aromatic rings. The molecule has 6 nitrogen and oxygen atoms in total. The predicted octanol–water partition coefficient (Wildman–Crippen LogP) is 2.45. The third-order valence-corrected chi connectivity index (χ3v) is 3.11. The van der Waals surface area contributed by atoms with E-state index in [1.165, 1.54) is 0 Å². The highest BCUT2D eigenvalue weighted by molar-refractivity contribution is 7.80. The van der Waals surface area contributed by atoms with Gasteiger partial charge in [0.2, 0.25) is 0 Å². The van der Waals surface area contributed by atoms with Crippen LogP contribution in [0, 0.1) is 6.92 Å². The first-order valence-corrected chi connectivity index (χ1v) is 7.26. The van der Waals surface area contributed by atoms with Crippen LogP contribution in [-0.4, -0.2) is 22.5 Å². The van der Waals surface area contributed by atoms with E-state index in [0.29, 0.717) is 17.2 Å². The Balaban J connectivity index is 3.19. The molecule has 0 aromatic heterocycles. The molecule has 1 aromatic carbocycles. The van der Waals surface area contributed by atoms with Gasteiger partial charge < -0.3 is 16.2 Å². The van der Waals surface area contributed by atoms with Crippen LogP contribution in [0.25, 0.3) is 0 Å². The monoisotopic (exact) mass is 342 g/mol. The minimum absolute atomic E-state index is 0.0332. The minimum atomic E-state index is -0.852.